The maximum absolute atomic E-state index is 12.1. The number of ether oxygens (including phenoxy) is 1. The number of anilines is 1. The van der Waals surface area contributed by atoms with Gasteiger partial charge in [-0.3, -0.25) is 14.6 Å². The second-order valence-corrected chi connectivity index (χ2v) is 5.20. The SMILES string of the molecule is COc1ccccc1-c1ccc(=O)n(CC(=O)Nc2ccncc2)n1. The molecule has 0 unspecified atom stereocenters. The first-order chi connectivity index (χ1) is 12.2. The van der Waals surface area contributed by atoms with Gasteiger partial charge in [0.25, 0.3) is 5.56 Å². The molecular formula is C18H16N4O3. The predicted octanol–water partition coefficient (Wildman–Crippen LogP) is 1.95. The molecule has 0 aliphatic rings. The first-order valence-electron chi connectivity index (χ1n) is 7.59. The molecule has 0 saturated carbocycles. The van der Waals surface area contributed by atoms with Crippen molar-refractivity contribution in [3.05, 3.63) is 71.3 Å². The molecule has 7 heteroatoms. The van der Waals surface area contributed by atoms with Crippen LogP contribution in [0.4, 0.5) is 5.69 Å². The van der Waals surface area contributed by atoms with E-state index in [0.717, 1.165) is 10.2 Å². The van der Waals surface area contributed by atoms with E-state index in [4.69, 9.17) is 4.74 Å². The molecule has 126 valence electrons. The van der Waals surface area contributed by atoms with Crippen molar-refractivity contribution in [2.45, 2.75) is 6.54 Å². The second kappa shape index (κ2) is 7.39. The van der Waals surface area contributed by atoms with Crippen molar-refractivity contribution < 1.29 is 9.53 Å². The minimum atomic E-state index is -0.358. The van der Waals surface area contributed by atoms with Crippen LogP contribution >= 0.6 is 0 Å². The van der Waals surface area contributed by atoms with Crippen molar-refractivity contribution >= 4 is 11.6 Å². The number of nitrogens with zero attached hydrogens (tertiary/aromatic N) is 3. The van der Waals surface area contributed by atoms with Gasteiger partial charge in [0.2, 0.25) is 5.91 Å². The Bertz CT molecular complexity index is 938. The third-order valence-corrected chi connectivity index (χ3v) is 3.51. The quantitative estimate of drug-likeness (QED) is 0.770. The fourth-order valence-electron chi connectivity index (χ4n) is 2.33. The molecule has 0 spiro atoms. The van der Waals surface area contributed by atoms with Gasteiger partial charge in [0.05, 0.1) is 12.8 Å². The van der Waals surface area contributed by atoms with Crippen LogP contribution in [0.3, 0.4) is 0 Å². The Morgan fingerprint density at radius 1 is 1.12 bits per heavy atom. The minimum absolute atomic E-state index is 0.190. The van der Waals surface area contributed by atoms with Crippen molar-refractivity contribution in [1.29, 1.82) is 0 Å². The number of rotatable bonds is 5. The van der Waals surface area contributed by atoms with Crippen LogP contribution in [0, 0.1) is 0 Å². The van der Waals surface area contributed by atoms with Gasteiger partial charge >= 0.3 is 0 Å². The third kappa shape index (κ3) is 3.89. The number of benzene rings is 1. The number of nitrogens with one attached hydrogen (secondary N) is 1. The van der Waals surface area contributed by atoms with E-state index in [1.54, 1.807) is 37.7 Å². The molecule has 7 nitrogen and oxygen atoms in total. The lowest BCUT2D eigenvalue weighted by Gasteiger charge is -2.10. The fourth-order valence-corrected chi connectivity index (χ4v) is 2.33. The average Bonchev–Trinajstić information content (AvgIpc) is 2.64. The number of methoxy groups -OCH3 is 1. The molecule has 1 aromatic carbocycles. The molecule has 1 N–H and O–H groups in total. The maximum Gasteiger partial charge on any atom is 0.267 e. The van der Waals surface area contributed by atoms with E-state index in [-0.39, 0.29) is 18.0 Å². The largest absolute Gasteiger partial charge is 0.496 e. The van der Waals surface area contributed by atoms with Gasteiger partial charge in [0.1, 0.15) is 12.3 Å². The number of pyridine rings is 1. The Kier molecular flexibility index (Phi) is 4.84. The molecule has 2 aromatic heterocycles. The number of amides is 1. The summed E-state index contributed by atoms with van der Waals surface area (Å²) in [6.45, 7) is -0.190. The van der Waals surface area contributed by atoms with Crippen molar-refractivity contribution in [2.75, 3.05) is 12.4 Å². The van der Waals surface area contributed by atoms with Crippen molar-refractivity contribution in [1.82, 2.24) is 14.8 Å². The number of para-hydroxylation sites is 1. The first-order valence-corrected chi connectivity index (χ1v) is 7.59. The number of aromatic nitrogens is 3. The lowest BCUT2D eigenvalue weighted by molar-refractivity contribution is -0.117. The van der Waals surface area contributed by atoms with E-state index in [1.807, 2.05) is 24.3 Å². The Morgan fingerprint density at radius 3 is 2.64 bits per heavy atom. The zero-order chi connectivity index (χ0) is 17.6. The summed E-state index contributed by atoms with van der Waals surface area (Å²) in [5.74, 6) is 0.291. The second-order valence-electron chi connectivity index (χ2n) is 5.20. The van der Waals surface area contributed by atoms with Crippen LogP contribution in [0.1, 0.15) is 0 Å². The first kappa shape index (κ1) is 16.4. The lowest BCUT2D eigenvalue weighted by atomic mass is 10.1. The van der Waals surface area contributed by atoms with E-state index in [9.17, 15) is 9.59 Å². The average molecular weight is 336 g/mol. The summed E-state index contributed by atoms with van der Waals surface area (Å²) in [4.78, 5) is 28.1. The van der Waals surface area contributed by atoms with Gasteiger partial charge in [-0.05, 0) is 30.3 Å². The highest BCUT2D eigenvalue weighted by molar-refractivity contribution is 5.90. The third-order valence-electron chi connectivity index (χ3n) is 3.51. The van der Waals surface area contributed by atoms with E-state index >= 15 is 0 Å². The molecule has 0 atom stereocenters. The summed E-state index contributed by atoms with van der Waals surface area (Å²) in [5, 5.41) is 6.98. The van der Waals surface area contributed by atoms with Gasteiger partial charge in [-0.15, -0.1) is 0 Å². The van der Waals surface area contributed by atoms with Crippen molar-refractivity contribution in [3.63, 3.8) is 0 Å². The summed E-state index contributed by atoms with van der Waals surface area (Å²) in [5.41, 5.74) is 1.54. The van der Waals surface area contributed by atoms with Crippen LogP contribution in [0.25, 0.3) is 11.3 Å². The van der Waals surface area contributed by atoms with Crippen LogP contribution in [0.5, 0.6) is 5.75 Å². The van der Waals surface area contributed by atoms with Crippen molar-refractivity contribution in [3.8, 4) is 17.0 Å². The summed E-state index contributed by atoms with van der Waals surface area (Å²) in [7, 11) is 1.57. The highest BCUT2D eigenvalue weighted by Crippen LogP contribution is 2.27. The monoisotopic (exact) mass is 336 g/mol. The van der Waals surface area contributed by atoms with Crippen LogP contribution in [0.15, 0.2) is 65.7 Å². The Hall–Kier alpha value is -3.48. The Labute approximate surface area is 143 Å². The highest BCUT2D eigenvalue weighted by Gasteiger charge is 2.11. The van der Waals surface area contributed by atoms with E-state index in [2.05, 4.69) is 15.4 Å². The topological polar surface area (TPSA) is 86.1 Å². The molecule has 0 fully saturated rings. The smallest absolute Gasteiger partial charge is 0.267 e. The highest BCUT2D eigenvalue weighted by atomic mass is 16.5. The minimum Gasteiger partial charge on any atom is -0.496 e. The van der Waals surface area contributed by atoms with Gasteiger partial charge in [-0.1, -0.05) is 12.1 Å². The maximum atomic E-state index is 12.1. The number of carbonyl (C=O) groups excluding carboxylic acids is 1. The Morgan fingerprint density at radius 2 is 1.88 bits per heavy atom. The van der Waals surface area contributed by atoms with Gasteiger partial charge in [0.15, 0.2) is 0 Å². The summed E-state index contributed by atoms with van der Waals surface area (Å²) in [6.07, 6.45) is 3.14. The van der Waals surface area contributed by atoms with E-state index in [1.165, 1.54) is 6.07 Å². The predicted molar refractivity (Wildman–Crippen MR) is 93.4 cm³/mol. The fraction of sp³-hybridized carbons (Fsp3) is 0.111. The zero-order valence-electron chi connectivity index (χ0n) is 13.5. The number of carbonyl (C=O) groups is 1. The molecule has 0 bridgehead atoms. The number of hydrogen-bond donors (Lipinski definition) is 1. The molecule has 3 aromatic rings. The van der Waals surface area contributed by atoms with Gasteiger partial charge in [-0.2, -0.15) is 5.10 Å². The van der Waals surface area contributed by atoms with Crippen LogP contribution < -0.4 is 15.6 Å². The molecule has 1 amide bonds. The molecule has 3 rings (SSSR count). The standard InChI is InChI=1S/C18H16N4O3/c1-25-16-5-3-2-4-14(16)15-6-7-18(24)22(21-15)12-17(23)20-13-8-10-19-11-9-13/h2-11H,12H2,1H3,(H,19,20,23). The summed E-state index contributed by atoms with van der Waals surface area (Å²) in [6, 6.07) is 13.7. The lowest BCUT2D eigenvalue weighted by Crippen LogP contribution is -2.29. The van der Waals surface area contributed by atoms with Gasteiger partial charge in [-0.25, -0.2) is 4.68 Å². The summed E-state index contributed by atoms with van der Waals surface area (Å²) < 4.78 is 6.44. The molecule has 0 radical (unpaired) electrons. The molecule has 0 saturated heterocycles. The Balaban J connectivity index is 1.85. The van der Waals surface area contributed by atoms with Crippen LogP contribution in [0.2, 0.25) is 0 Å². The van der Waals surface area contributed by atoms with Gasteiger partial charge < -0.3 is 10.1 Å². The van der Waals surface area contributed by atoms with Crippen LogP contribution in [-0.2, 0) is 11.3 Å². The normalized spacial score (nSPS) is 10.3. The molecular weight excluding hydrogens is 320 g/mol. The zero-order valence-corrected chi connectivity index (χ0v) is 13.5. The van der Waals surface area contributed by atoms with Crippen LogP contribution in [-0.4, -0.2) is 27.8 Å². The van der Waals surface area contributed by atoms with E-state index in [0.29, 0.717) is 17.1 Å². The molecule has 25 heavy (non-hydrogen) atoms. The molecule has 0 aliphatic heterocycles. The van der Waals surface area contributed by atoms with E-state index < -0.39 is 0 Å². The molecule has 2 heterocycles. The van der Waals surface area contributed by atoms with Gasteiger partial charge in [0, 0.05) is 29.7 Å². The summed E-state index contributed by atoms with van der Waals surface area (Å²) >= 11 is 0. The van der Waals surface area contributed by atoms with Crippen molar-refractivity contribution in [2.24, 2.45) is 0 Å². The molecule has 0 aliphatic carbocycles. The number of hydrogen-bond acceptors (Lipinski definition) is 5.